The second kappa shape index (κ2) is 7.71. The fourth-order valence-corrected chi connectivity index (χ4v) is 3.02. The Kier molecular flexibility index (Phi) is 5.40. The van der Waals surface area contributed by atoms with Gasteiger partial charge in [0.2, 0.25) is 5.91 Å². The highest BCUT2D eigenvalue weighted by Gasteiger charge is 2.35. The molecule has 0 bridgehead atoms. The molecule has 8 heteroatoms. The van der Waals surface area contributed by atoms with Crippen LogP contribution < -0.4 is 25.0 Å². The number of carbonyl (C=O) groups is 2. The number of rotatable bonds is 5. The monoisotopic (exact) mass is 349 g/mol. The number of benzene rings is 1. The van der Waals surface area contributed by atoms with Gasteiger partial charge in [-0.1, -0.05) is 0 Å². The topological polar surface area (TPSA) is 89.1 Å². The zero-order chi connectivity index (χ0) is 17.8. The third-order valence-electron chi connectivity index (χ3n) is 4.39. The number of carbonyl (C=O) groups excluding carboxylic acids is 2. The maximum absolute atomic E-state index is 12.7. The van der Waals surface area contributed by atoms with Gasteiger partial charge >= 0.3 is 0 Å². The lowest BCUT2D eigenvalue weighted by molar-refractivity contribution is -0.136. The van der Waals surface area contributed by atoms with Crippen molar-refractivity contribution in [1.82, 2.24) is 10.6 Å². The summed E-state index contributed by atoms with van der Waals surface area (Å²) in [4.78, 5) is 26.6. The number of morpholine rings is 1. The summed E-state index contributed by atoms with van der Waals surface area (Å²) in [6.07, 6.45) is -0.00272. The van der Waals surface area contributed by atoms with E-state index in [9.17, 15) is 9.59 Å². The number of methoxy groups -OCH3 is 2. The van der Waals surface area contributed by atoms with Crippen molar-refractivity contribution in [2.75, 3.05) is 45.4 Å². The molecule has 1 aromatic carbocycles. The Morgan fingerprint density at radius 2 is 2.00 bits per heavy atom. The van der Waals surface area contributed by atoms with Crippen LogP contribution in [0.4, 0.5) is 5.69 Å². The normalized spacial score (nSPS) is 23.4. The van der Waals surface area contributed by atoms with Crippen LogP contribution in [-0.2, 0) is 14.3 Å². The van der Waals surface area contributed by atoms with Gasteiger partial charge in [-0.05, 0) is 6.42 Å². The molecule has 1 aromatic rings. The average Bonchev–Trinajstić information content (AvgIpc) is 3.02. The molecule has 2 N–H and O–H groups in total. The van der Waals surface area contributed by atoms with Crippen LogP contribution in [0.5, 0.6) is 11.5 Å². The fourth-order valence-electron chi connectivity index (χ4n) is 3.02. The van der Waals surface area contributed by atoms with Crippen molar-refractivity contribution >= 4 is 17.5 Å². The zero-order valence-corrected chi connectivity index (χ0v) is 14.4. The summed E-state index contributed by atoms with van der Waals surface area (Å²) in [5, 5.41) is 5.90. The first-order valence-electron chi connectivity index (χ1n) is 8.29. The predicted octanol–water partition coefficient (Wildman–Crippen LogP) is -0.0863. The maximum atomic E-state index is 12.7. The van der Waals surface area contributed by atoms with Crippen LogP contribution in [0.3, 0.4) is 0 Å². The van der Waals surface area contributed by atoms with E-state index in [4.69, 9.17) is 14.2 Å². The first-order valence-corrected chi connectivity index (χ1v) is 8.29. The minimum atomic E-state index is -0.549. The molecular formula is C17H23N3O5. The van der Waals surface area contributed by atoms with Gasteiger partial charge in [-0.15, -0.1) is 0 Å². The largest absolute Gasteiger partial charge is 0.497 e. The average molecular weight is 349 g/mol. The van der Waals surface area contributed by atoms with Crippen LogP contribution in [0.1, 0.15) is 6.42 Å². The van der Waals surface area contributed by atoms with E-state index in [0.717, 1.165) is 6.54 Å². The Balaban J connectivity index is 1.68. The van der Waals surface area contributed by atoms with Crippen LogP contribution in [0.2, 0.25) is 0 Å². The minimum Gasteiger partial charge on any atom is -0.497 e. The van der Waals surface area contributed by atoms with Gasteiger partial charge in [0.1, 0.15) is 23.6 Å². The molecule has 136 valence electrons. The summed E-state index contributed by atoms with van der Waals surface area (Å²) in [5.41, 5.74) is 0.688. The molecule has 0 radical (unpaired) electrons. The second-order valence-electron chi connectivity index (χ2n) is 5.97. The summed E-state index contributed by atoms with van der Waals surface area (Å²) in [6.45, 7) is 2.21. The molecule has 2 unspecified atom stereocenters. The Morgan fingerprint density at radius 1 is 1.28 bits per heavy atom. The van der Waals surface area contributed by atoms with E-state index < -0.39 is 12.1 Å². The van der Waals surface area contributed by atoms with Gasteiger partial charge in [0.25, 0.3) is 5.91 Å². The van der Waals surface area contributed by atoms with Gasteiger partial charge in [0, 0.05) is 37.8 Å². The number of anilines is 1. The summed E-state index contributed by atoms with van der Waals surface area (Å²) in [5.74, 6) is 0.815. The van der Waals surface area contributed by atoms with E-state index in [1.807, 2.05) is 0 Å². The maximum Gasteiger partial charge on any atom is 0.251 e. The molecule has 2 aliphatic heterocycles. The van der Waals surface area contributed by atoms with Gasteiger partial charge in [0.15, 0.2) is 0 Å². The fraction of sp³-hybridized carbons (Fsp3) is 0.529. The molecule has 8 nitrogen and oxygen atoms in total. The highest BCUT2D eigenvalue weighted by molar-refractivity contribution is 6.02. The predicted molar refractivity (Wildman–Crippen MR) is 91.1 cm³/mol. The number of hydrogen-bond donors (Lipinski definition) is 2. The number of hydrogen-bond acceptors (Lipinski definition) is 6. The number of nitrogens with zero attached hydrogens (tertiary/aromatic N) is 1. The first kappa shape index (κ1) is 17.5. The van der Waals surface area contributed by atoms with Crippen molar-refractivity contribution in [2.45, 2.75) is 18.6 Å². The Bertz CT molecular complexity index is 623. The number of nitrogens with one attached hydrogen (secondary N) is 2. The zero-order valence-electron chi connectivity index (χ0n) is 14.4. The van der Waals surface area contributed by atoms with Crippen LogP contribution in [-0.4, -0.2) is 64.4 Å². The lowest BCUT2D eigenvalue weighted by Gasteiger charge is -2.24. The number of ether oxygens (including phenoxy) is 3. The lowest BCUT2D eigenvalue weighted by Crippen LogP contribution is -2.51. The van der Waals surface area contributed by atoms with Gasteiger partial charge in [-0.2, -0.15) is 0 Å². The molecule has 0 spiro atoms. The number of amides is 2. The van der Waals surface area contributed by atoms with Gasteiger partial charge in [-0.25, -0.2) is 0 Å². The van der Waals surface area contributed by atoms with E-state index >= 15 is 0 Å². The van der Waals surface area contributed by atoms with Crippen LogP contribution >= 0.6 is 0 Å². The van der Waals surface area contributed by atoms with Crippen LogP contribution in [0.25, 0.3) is 0 Å². The molecular weight excluding hydrogens is 326 g/mol. The molecule has 0 aromatic heterocycles. The van der Waals surface area contributed by atoms with Gasteiger partial charge in [0.05, 0.1) is 26.5 Å². The van der Waals surface area contributed by atoms with Crippen molar-refractivity contribution < 1.29 is 23.8 Å². The summed E-state index contributed by atoms with van der Waals surface area (Å²) in [6, 6.07) is 4.75. The van der Waals surface area contributed by atoms with E-state index in [2.05, 4.69) is 10.6 Å². The lowest BCUT2D eigenvalue weighted by atomic mass is 10.2. The van der Waals surface area contributed by atoms with Gasteiger partial charge < -0.3 is 29.7 Å². The molecule has 2 aliphatic rings. The second-order valence-corrected chi connectivity index (χ2v) is 5.97. The van der Waals surface area contributed by atoms with Crippen molar-refractivity contribution in [2.24, 2.45) is 0 Å². The SMILES string of the molecule is COc1cc(OC)cc(N2CCC(NC(=O)C3CNCCO3)C2=O)c1. The molecule has 0 aliphatic carbocycles. The van der Waals surface area contributed by atoms with Gasteiger partial charge in [-0.3, -0.25) is 9.59 Å². The van der Waals surface area contributed by atoms with E-state index in [-0.39, 0.29) is 11.8 Å². The van der Waals surface area contributed by atoms with Crippen molar-refractivity contribution in [3.63, 3.8) is 0 Å². The highest BCUT2D eigenvalue weighted by Crippen LogP contribution is 2.31. The van der Waals surface area contributed by atoms with Crippen LogP contribution in [0.15, 0.2) is 18.2 Å². The molecule has 2 amide bonds. The summed E-state index contributed by atoms with van der Waals surface area (Å²) in [7, 11) is 3.12. The van der Waals surface area contributed by atoms with Crippen molar-refractivity contribution in [1.29, 1.82) is 0 Å². The van der Waals surface area contributed by atoms with Crippen LogP contribution in [0, 0.1) is 0 Å². The first-order chi connectivity index (χ1) is 12.1. The Morgan fingerprint density at radius 3 is 2.60 bits per heavy atom. The molecule has 0 saturated carbocycles. The standard InChI is InChI=1S/C17H23N3O5/c1-23-12-7-11(8-13(9-12)24-2)20-5-3-14(17(20)22)19-16(21)15-10-18-4-6-25-15/h7-9,14-15,18H,3-6,10H2,1-2H3,(H,19,21). The summed E-state index contributed by atoms with van der Waals surface area (Å²) < 4.78 is 15.9. The molecule has 25 heavy (non-hydrogen) atoms. The Hall–Kier alpha value is -2.32. The minimum absolute atomic E-state index is 0.146. The Labute approximate surface area is 146 Å². The molecule has 2 saturated heterocycles. The highest BCUT2D eigenvalue weighted by atomic mass is 16.5. The van der Waals surface area contributed by atoms with E-state index in [0.29, 0.717) is 43.3 Å². The molecule has 3 rings (SSSR count). The molecule has 2 atom stereocenters. The van der Waals surface area contributed by atoms with E-state index in [1.54, 1.807) is 37.3 Å². The van der Waals surface area contributed by atoms with Crippen molar-refractivity contribution in [3.8, 4) is 11.5 Å². The molecule has 2 fully saturated rings. The quantitative estimate of drug-likeness (QED) is 0.773. The molecule has 2 heterocycles. The van der Waals surface area contributed by atoms with E-state index in [1.165, 1.54) is 0 Å². The third kappa shape index (κ3) is 3.85. The third-order valence-corrected chi connectivity index (χ3v) is 4.39. The smallest absolute Gasteiger partial charge is 0.251 e. The van der Waals surface area contributed by atoms with Crippen molar-refractivity contribution in [3.05, 3.63) is 18.2 Å². The summed E-state index contributed by atoms with van der Waals surface area (Å²) >= 11 is 0.